The number of β-amino-alcohol motifs (C(OH)–C–C–N with tert-alkyl or cyclic N) is 1. The van der Waals surface area contributed by atoms with Gasteiger partial charge in [0, 0.05) is 31.2 Å². The summed E-state index contributed by atoms with van der Waals surface area (Å²) in [6.45, 7) is 2.36. The standard InChI is InChI=1S/C24H24Cl3F3N2O2/c25-20-13-17(14-21(26)22(20)27)19(24(28,29)30)6-3-15-1-4-16(5-2-15)23(34)31-18-7-9-32(10-8-18)11-12-33/h1-2,4-6,13-14,18,33H,3,7-12H2,(H,31,34). The Balaban J connectivity index is 1.66. The highest BCUT2D eigenvalue weighted by Crippen LogP contribution is 2.39. The minimum Gasteiger partial charge on any atom is -0.395 e. The maximum atomic E-state index is 13.7. The predicted octanol–water partition coefficient (Wildman–Crippen LogP) is 6.02. The molecule has 4 nitrogen and oxygen atoms in total. The van der Waals surface area contributed by atoms with Crippen molar-refractivity contribution in [1.82, 2.24) is 10.2 Å². The molecule has 1 amide bonds. The highest BCUT2D eigenvalue weighted by molar-refractivity contribution is 6.48. The van der Waals surface area contributed by atoms with Crippen LogP contribution in [0.4, 0.5) is 13.2 Å². The van der Waals surface area contributed by atoms with Crippen LogP contribution in [0.2, 0.25) is 15.1 Å². The first-order chi connectivity index (χ1) is 16.1. The van der Waals surface area contributed by atoms with Gasteiger partial charge < -0.3 is 15.3 Å². The number of allylic oxidation sites excluding steroid dienone is 2. The highest BCUT2D eigenvalue weighted by Gasteiger charge is 2.35. The maximum Gasteiger partial charge on any atom is 0.416 e. The lowest BCUT2D eigenvalue weighted by molar-refractivity contribution is -0.0690. The zero-order valence-corrected chi connectivity index (χ0v) is 20.4. The fourth-order valence-corrected chi connectivity index (χ4v) is 4.43. The van der Waals surface area contributed by atoms with Crippen LogP contribution in [0.5, 0.6) is 0 Å². The van der Waals surface area contributed by atoms with Gasteiger partial charge in [-0.2, -0.15) is 13.2 Å². The van der Waals surface area contributed by atoms with Crippen molar-refractivity contribution in [3.05, 3.63) is 74.2 Å². The van der Waals surface area contributed by atoms with Crippen molar-refractivity contribution >= 4 is 46.3 Å². The van der Waals surface area contributed by atoms with Gasteiger partial charge in [0.1, 0.15) is 0 Å². The van der Waals surface area contributed by atoms with Crippen LogP contribution in [-0.2, 0) is 6.42 Å². The van der Waals surface area contributed by atoms with Crippen LogP contribution in [-0.4, -0.2) is 54.4 Å². The van der Waals surface area contributed by atoms with Crippen molar-refractivity contribution in [2.24, 2.45) is 0 Å². The van der Waals surface area contributed by atoms with Crippen molar-refractivity contribution in [2.75, 3.05) is 26.2 Å². The van der Waals surface area contributed by atoms with Crippen LogP contribution in [0.3, 0.4) is 0 Å². The molecular formula is C24H24Cl3F3N2O2. The first kappa shape index (κ1) is 26.8. The number of hydrogen-bond donors (Lipinski definition) is 2. The first-order valence-corrected chi connectivity index (χ1v) is 11.9. The topological polar surface area (TPSA) is 52.6 Å². The normalized spacial score (nSPS) is 16.0. The predicted molar refractivity (Wildman–Crippen MR) is 130 cm³/mol. The summed E-state index contributed by atoms with van der Waals surface area (Å²) in [5, 5.41) is 11.9. The zero-order valence-electron chi connectivity index (χ0n) is 18.1. The number of nitrogens with zero attached hydrogens (tertiary/aromatic N) is 1. The number of aliphatic hydroxyl groups is 1. The molecule has 0 aliphatic carbocycles. The van der Waals surface area contributed by atoms with Crippen molar-refractivity contribution < 1.29 is 23.1 Å². The van der Waals surface area contributed by atoms with E-state index in [1.807, 2.05) is 0 Å². The van der Waals surface area contributed by atoms with Gasteiger partial charge in [-0.05, 0) is 54.7 Å². The molecule has 2 aromatic rings. The summed E-state index contributed by atoms with van der Waals surface area (Å²) in [5.74, 6) is -0.218. The van der Waals surface area contributed by atoms with Crippen LogP contribution in [0.25, 0.3) is 5.57 Å². The highest BCUT2D eigenvalue weighted by atomic mass is 35.5. The molecule has 0 radical (unpaired) electrons. The average Bonchev–Trinajstić information content (AvgIpc) is 2.78. The fourth-order valence-electron chi connectivity index (χ4n) is 3.83. The molecule has 34 heavy (non-hydrogen) atoms. The Kier molecular flexibility index (Phi) is 9.29. The number of amides is 1. The third-order valence-electron chi connectivity index (χ3n) is 5.70. The van der Waals surface area contributed by atoms with E-state index in [2.05, 4.69) is 10.2 Å². The molecular weight excluding hydrogens is 512 g/mol. The molecule has 10 heteroatoms. The third kappa shape index (κ3) is 7.12. The van der Waals surface area contributed by atoms with E-state index in [4.69, 9.17) is 39.9 Å². The number of carbonyl (C=O) groups is 1. The fraction of sp³-hybridized carbons (Fsp3) is 0.375. The average molecular weight is 536 g/mol. The lowest BCUT2D eigenvalue weighted by atomic mass is 10.0. The monoisotopic (exact) mass is 534 g/mol. The molecule has 1 aliphatic rings. The number of carbonyl (C=O) groups excluding carboxylic acids is 1. The third-order valence-corrected chi connectivity index (χ3v) is 6.89. The molecule has 0 aromatic heterocycles. The molecule has 1 saturated heterocycles. The zero-order chi connectivity index (χ0) is 24.9. The van der Waals surface area contributed by atoms with Gasteiger partial charge >= 0.3 is 6.18 Å². The van der Waals surface area contributed by atoms with Crippen molar-refractivity contribution in [3.8, 4) is 0 Å². The molecule has 0 bridgehead atoms. The van der Waals surface area contributed by atoms with Crippen LogP contribution < -0.4 is 5.32 Å². The largest absolute Gasteiger partial charge is 0.416 e. The van der Waals surface area contributed by atoms with Crippen LogP contribution in [0.1, 0.15) is 34.3 Å². The van der Waals surface area contributed by atoms with Gasteiger partial charge in [0.05, 0.1) is 27.2 Å². The van der Waals surface area contributed by atoms with Gasteiger partial charge in [-0.3, -0.25) is 4.79 Å². The summed E-state index contributed by atoms with van der Waals surface area (Å²) in [6.07, 6.45) is -1.96. The Labute approximate surface area is 211 Å². The lowest BCUT2D eigenvalue weighted by Crippen LogP contribution is -2.45. The number of piperidine rings is 1. The quantitative estimate of drug-likeness (QED) is 0.426. The minimum absolute atomic E-state index is 0.00168. The van der Waals surface area contributed by atoms with Crippen LogP contribution >= 0.6 is 34.8 Å². The second-order valence-electron chi connectivity index (χ2n) is 8.08. The van der Waals surface area contributed by atoms with E-state index in [-0.39, 0.29) is 45.6 Å². The molecule has 1 fully saturated rings. The molecule has 2 aromatic carbocycles. The molecule has 3 rings (SSSR count). The van der Waals surface area contributed by atoms with Gasteiger partial charge in [-0.1, -0.05) is 53.0 Å². The summed E-state index contributed by atoms with van der Waals surface area (Å²) in [7, 11) is 0. The Morgan fingerprint density at radius 2 is 1.65 bits per heavy atom. The number of alkyl halides is 3. The summed E-state index contributed by atoms with van der Waals surface area (Å²) in [4.78, 5) is 14.7. The Hall–Kier alpha value is -1.77. The van der Waals surface area contributed by atoms with E-state index < -0.39 is 11.7 Å². The van der Waals surface area contributed by atoms with E-state index in [9.17, 15) is 18.0 Å². The molecule has 2 N–H and O–H groups in total. The van der Waals surface area contributed by atoms with E-state index in [0.29, 0.717) is 17.7 Å². The first-order valence-electron chi connectivity index (χ1n) is 10.7. The molecule has 1 aliphatic heterocycles. The van der Waals surface area contributed by atoms with Gasteiger partial charge in [0.2, 0.25) is 0 Å². The van der Waals surface area contributed by atoms with E-state index in [0.717, 1.165) is 44.1 Å². The van der Waals surface area contributed by atoms with Crippen LogP contribution in [0, 0.1) is 0 Å². The van der Waals surface area contributed by atoms with Crippen LogP contribution in [0.15, 0.2) is 42.5 Å². The molecule has 0 atom stereocenters. The van der Waals surface area contributed by atoms with Gasteiger partial charge in [-0.15, -0.1) is 0 Å². The van der Waals surface area contributed by atoms with Gasteiger partial charge in [0.15, 0.2) is 0 Å². The van der Waals surface area contributed by atoms with E-state index >= 15 is 0 Å². The number of rotatable bonds is 7. The second-order valence-corrected chi connectivity index (χ2v) is 9.28. The Bertz CT molecular complexity index is 1010. The molecule has 0 spiro atoms. The van der Waals surface area contributed by atoms with Crippen molar-refractivity contribution in [3.63, 3.8) is 0 Å². The minimum atomic E-state index is -4.62. The van der Waals surface area contributed by atoms with E-state index in [1.54, 1.807) is 24.3 Å². The summed E-state index contributed by atoms with van der Waals surface area (Å²) in [5.41, 5.74) is 0.00913. The maximum absolute atomic E-state index is 13.7. The van der Waals surface area contributed by atoms with Gasteiger partial charge in [-0.25, -0.2) is 0 Å². The Morgan fingerprint density at radius 3 is 2.18 bits per heavy atom. The Morgan fingerprint density at radius 1 is 1.06 bits per heavy atom. The van der Waals surface area contributed by atoms with Crippen molar-refractivity contribution in [2.45, 2.75) is 31.5 Å². The summed E-state index contributed by atoms with van der Waals surface area (Å²) in [6, 6.07) is 8.78. The lowest BCUT2D eigenvalue weighted by Gasteiger charge is -2.31. The number of halogens is 6. The second kappa shape index (κ2) is 11.8. The molecule has 1 heterocycles. The SMILES string of the molecule is O=C(NC1CCN(CCO)CC1)c1ccc(CC=C(c2cc(Cl)c(Cl)c(Cl)c2)C(F)(F)F)cc1. The number of benzene rings is 2. The number of hydrogen-bond acceptors (Lipinski definition) is 3. The molecule has 0 unspecified atom stereocenters. The summed E-state index contributed by atoms with van der Waals surface area (Å²) < 4.78 is 41.0. The van der Waals surface area contributed by atoms with Gasteiger partial charge in [0.25, 0.3) is 5.91 Å². The number of aliphatic hydroxyl groups excluding tert-OH is 1. The van der Waals surface area contributed by atoms with Crippen molar-refractivity contribution in [1.29, 1.82) is 0 Å². The molecule has 184 valence electrons. The molecule has 0 saturated carbocycles. The van der Waals surface area contributed by atoms with E-state index in [1.165, 1.54) is 0 Å². The summed E-state index contributed by atoms with van der Waals surface area (Å²) >= 11 is 17.7. The number of nitrogens with one attached hydrogen (secondary N) is 1. The number of likely N-dealkylation sites (tertiary alicyclic amines) is 1. The smallest absolute Gasteiger partial charge is 0.395 e.